The fraction of sp³-hybridized carbons (Fsp3) is 0.133. The largest absolute Gasteiger partial charge is 0.508 e. The molecule has 0 bridgehead atoms. The smallest absolute Gasteiger partial charge is 0.174 e. The Morgan fingerprint density at radius 1 is 1.15 bits per heavy atom. The van der Waals surface area contributed by atoms with E-state index in [9.17, 15) is 15.0 Å². The van der Waals surface area contributed by atoms with Gasteiger partial charge < -0.3 is 14.9 Å². The molecule has 0 saturated carbocycles. The first-order valence-corrected chi connectivity index (χ1v) is 6.43. The number of benzene rings is 2. The van der Waals surface area contributed by atoms with Crippen molar-refractivity contribution >= 4 is 17.4 Å². The highest BCUT2D eigenvalue weighted by atomic mass is 35.5. The minimum Gasteiger partial charge on any atom is -0.508 e. The molecule has 0 spiro atoms. The maximum Gasteiger partial charge on any atom is 0.174 e. The summed E-state index contributed by atoms with van der Waals surface area (Å²) in [6, 6.07) is 9.47. The fourth-order valence-corrected chi connectivity index (χ4v) is 2.41. The van der Waals surface area contributed by atoms with Crippen LogP contribution >= 0.6 is 11.6 Å². The molecule has 1 atom stereocenters. The van der Waals surface area contributed by atoms with Crippen molar-refractivity contribution in [2.45, 2.75) is 12.5 Å². The summed E-state index contributed by atoms with van der Waals surface area (Å²) in [5.41, 5.74) is 0.934. The number of phenols is 2. The van der Waals surface area contributed by atoms with Crippen molar-refractivity contribution in [1.82, 2.24) is 0 Å². The van der Waals surface area contributed by atoms with Gasteiger partial charge in [0.2, 0.25) is 0 Å². The Morgan fingerprint density at radius 2 is 1.85 bits per heavy atom. The maximum atomic E-state index is 12.1. The third kappa shape index (κ3) is 2.18. The van der Waals surface area contributed by atoms with Crippen LogP contribution in [0.3, 0.4) is 0 Å². The lowest BCUT2D eigenvalue weighted by molar-refractivity contribution is 0.0845. The second-order valence-electron chi connectivity index (χ2n) is 4.62. The molecular formula is C15H11ClO4. The second kappa shape index (κ2) is 4.72. The van der Waals surface area contributed by atoms with E-state index in [2.05, 4.69) is 0 Å². The number of ketones is 1. The second-order valence-corrected chi connectivity index (χ2v) is 5.06. The molecule has 0 aromatic heterocycles. The van der Waals surface area contributed by atoms with Gasteiger partial charge in [0.1, 0.15) is 28.9 Å². The Bertz CT molecular complexity index is 679. The van der Waals surface area contributed by atoms with Crippen molar-refractivity contribution in [1.29, 1.82) is 0 Å². The van der Waals surface area contributed by atoms with Crippen LogP contribution in [0.25, 0.3) is 0 Å². The molecule has 0 amide bonds. The van der Waals surface area contributed by atoms with Gasteiger partial charge in [0, 0.05) is 17.2 Å². The van der Waals surface area contributed by atoms with Crippen LogP contribution in [-0.2, 0) is 0 Å². The zero-order valence-electron chi connectivity index (χ0n) is 10.3. The zero-order chi connectivity index (χ0) is 14.3. The van der Waals surface area contributed by atoms with Crippen LogP contribution in [0.1, 0.15) is 28.4 Å². The summed E-state index contributed by atoms with van der Waals surface area (Å²) >= 11 is 5.83. The van der Waals surface area contributed by atoms with Crippen LogP contribution in [0.15, 0.2) is 36.4 Å². The third-order valence-corrected chi connectivity index (χ3v) is 3.48. The van der Waals surface area contributed by atoms with Crippen molar-refractivity contribution in [3.8, 4) is 17.2 Å². The minimum atomic E-state index is -0.450. The van der Waals surface area contributed by atoms with Crippen molar-refractivity contribution < 1.29 is 19.7 Å². The summed E-state index contributed by atoms with van der Waals surface area (Å²) in [7, 11) is 0. The Kier molecular flexibility index (Phi) is 3.03. The Balaban J connectivity index is 2.00. The molecule has 0 radical (unpaired) electrons. The molecule has 4 nitrogen and oxygen atoms in total. The predicted octanol–water partition coefficient (Wildman–Crippen LogP) is 3.46. The van der Waals surface area contributed by atoms with Gasteiger partial charge in [-0.3, -0.25) is 4.79 Å². The van der Waals surface area contributed by atoms with E-state index < -0.39 is 6.10 Å². The SMILES string of the molecule is O=C1CC(c2ccc(Cl)cc2)Oc2cc(O)cc(O)c21. The highest BCUT2D eigenvalue weighted by Crippen LogP contribution is 2.41. The van der Waals surface area contributed by atoms with Gasteiger partial charge in [-0.1, -0.05) is 23.7 Å². The zero-order valence-corrected chi connectivity index (χ0v) is 11.1. The monoisotopic (exact) mass is 290 g/mol. The fourth-order valence-electron chi connectivity index (χ4n) is 2.29. The summed E-state index contributed by atoms with van der Waals surface area (Å²) in [5, 5.41) is 19.8. The van der Waals surface area contributed by atoms with Crippen molar-refractivity contribution in [2.75, 3.05) is 0 Å². The molecule has 0 fully saturated rings. The number of halogens is 1. The number of Topliss-reactive ketones (excluding diaryl/α,β-unsaturated/α-hetero) is 1. The Labute approximate surface area is 120 Å². The van der Waals surface area contributed by atoms with E-state index in [1.54, 1.807) is 24.3 Å². The third-order valence-electron chi connectivity index (χ3n) is 3.23. The van der Waals surface area contributed by atoms with Crippen LogP contribution in [0, 0.1) is 0 Å². The van der Waals surface area contributed by atoms with Gasteiger partial charge >= 0.3 is 0 Å². The molecule has 0 aliphatic carbocycles. The van der Waals surface area contributed by atoms with Crippen LogP contribution in [0.4, 0.5) is 0 Å². The highest BCUT2D eigenvalue weighted by molar-refractivity contribution is 6.30. The summed E-state index contributed by atoms with van der Waals surface area (Å²) in [6.45, 7) is 0. The summed E-state index contributed by atoms with van der Waals surface area (Å²) in [5.74, 6) is -0.437. The first-order valence-electron chi connectivity index (χ1n) is 6.06. The van der Waals surface area contributed by atoms with E-state index >= 15 is 0 Å². The molecule has 2 N–H and O–H groups in total. The van der Waals surface area contributed by atoms with Crippen LogP contribution in [-0.4, -0.2) is 16.0 Å². The van der Waals surface area contributed by atoms with Gasteiger partial charge in [0.15, 0.2) is 5.78 Å². The summed E-state index contributed by atoms with van der Waals surface area (Å²) in [6.07, 6.45) is -0.319. The quantitative estimate of drug-likeness (QED) is 0.844. The molecule has 1 unspecified atom stereocenters. The average Bonchev–Trinajstić information content (AvgIpc) is 2.38. The summed E-state index contributed by atoms with van der Waals surface area (Å²) < 4.78 is 5.71. The number of rotatable bonds is 1. The molecule has 1 heterocycles. The number of carbonyl (C=O) groups excluding carboxylic acids is 1. The van der Waals surface area contributed by atoms with Crippen LogP contribution in [0.5, 0.6) is 17.2 Å². The number of fused-ring (bicyclic) bond motifs is 1. The standard InChI is InChI=1S/C15H11ClO4/c16-9-3-1-8(2-4-9)13-7-12(19)15-11(18)5-10(17)6-14(15)20-13/h1-6,13,17-18H,7H2. The van der Waals surface area contributed by atoms with E-state index in [0.717, 1.165) is 11.6 Å². The molecular weight excluding hydrogens is 280 g/mol. The first kappa shape index (κ1) is 12.8. The predicted molar refractivity (Wildman–Crippen MR) is 73.5 cm³/mol. The van der Waals surface area contributed by atoms with Gasteiger partial charge in [-0.05, 0) is 17.7 Å². The Hall–Kier alpha value is -2.20. The number of hydrogen-bond donors (Lipinski definition) is 2. The molecule has 3 rings (SSSR count). The lowest BCUT2D eigenvalue weighted by atomic mass is 9.95. The summed E-state index contributed by atoms with van der Waals surface area (Å²) in [4.78, 5) is 12.1. The lowest BCUT2D eigenvalue weighted by Gasteiger charge is -2.26. The maximum absolute atomic E-state index is 12.1. The van der Waals surface area contributed by atoms with Gasteiger partial charge in [-0.15, -0.1) is 0 Å². The number of carbonyl (C=O) groups is 1. The molecule has 102 valence electrons. The highest BCUT2D eigenvalue weighted by Gasteiger charge is 2.30. The Morgan fingerprint density at radius 3 is 2.55 bits per heavy atom. The van der Waals surface area contributed by atoms with Gasteiger partial charge in [-0.25, -0.2) is 0 Å². The topological polar surface area (TPSA) is 66.8 Å². The van der Waals surface area contributed by atoms with E-state index in [-0.39, 0.29) is 35.0 Å². The molecule has 5 heteroatoms. The van der Waals surface area contributed by atoms with Crippen molar-refractivity contribution in [3.63, 3.8) is 0 Å². The van der Waals surface area contributed by atoms with Crippen LogP contribution in [0.2, 0.25) is 5.02 Å². The van der Waals surface area contributed by atoms with Crippen LogP contribution < -0.4 is 4.74 Å². The number of ether oxygens (including phenoxy) is 1. The van der Waals surface area contributed by atoms with E-state index in [1.807, 2.05) is 0 Å². The number of phenolic OH excluding ortho intramolecular Hbond substituents is 2. The normalized spacial score (nSPS) is 17.4. The van der Waals surface area contributed by atoms with E-state index in [0.29, 0.717) is 5.02 Å². The van der Waals surface area contributed by atoms with E-state index in [4.69, 9.17) is 16.3 Å². The molecule has 2 aromatic carbocycles. The van der Waals surface area contributed by atoms with Gasteiger partial charge in [0.05, 0.1) is 6.42 Å². The molecule has 1 aliphatic rings. The molecule has 20 heavy (non-hydrogen) atoms. The van der Waals surface area contributed by atoms with Gasteiger partial charge in [0.25, 0.3) is 0 Å². The van der Waals surface area contributed by atoms with Crippen molar-refractivity contribution in [3.05, 3.63) is 52.5 Å². The molecule has 1 aliphatic heterocycles. The molecule has 2 aromatic rings. The number of aromatic hydroxyl groups is 2. The van der Waals surface area contributed by atoms with Crippen molar-refractivity contribution in [2.24, 2.45) is 0 Å². The average molecular weight is 291 g/mol. The van der Waals surface area contributed by atoms with E-state index in [1.165, 1.54) is 6.07 Å². The first-order chi connectivity index (χ1) is 9.54. The van der Waals surface area contributed by atoms with Gasteiger partial charge in [-0.2, -0.15) is 0 Å². The number of hydrogen-bond acceptors (Lipinski definition) is 4. The molecule has 0 saturated heterocycles. The minimum absolute atomic E-state index is 0.119. The lowest BCUT2D eigenvalue weighted by Crippen LogP contribution is -2.20.